The lowest BCUT2D eigenvalue weighted by Gasteiger charge is -2.42. The Morgan fingerprint density at radius 1 is 1.26 bits per heavy atom. The summed E-state index contributed by atoms with van der Waals surface area (Å²) in [5.41, 5.74) is 10.2. The van der Waals surface area contributed by atoms with Crippen molar-refractivity contribution in [2.45, 2.75) is 26.8 Å². The molecule has 1 aliphatic rings. The van der Waals surface area contributed by atoms with Gasteiger partial charge in [-0.3, -0.25) is 9.89 Å². The summed E-state index contributed by atoms with van der Waals surface area (Å²) in [4.78, 5) is 7.67. The normalized spacial score (nSPS) is 18.5. The van der Waals surface area contributed by atoms with Gasteiger partial charge in [0.25, 0.3) is 0 Å². The lowest BCUT2D eigenvalue weighted by atomic mass is 9.96. The molecular formula is C26H33FN6S. The van der Waals surface area contributed by atoms with Crippen LogP contribution in [0, 0.1) is 18.7 Å². The minimum absolute atomic E-state index is 0.249. The van der Waals surface area contributed by atoms with Gasteiger partial charge in [-0.25, -0.2) is 13.4 Å². The Hall–Kier alpha value is -2.68. The largest absolute Gasteiger partial charge is 0.404 e. The fraction of sp³-hybridized carbons (Fsp3) is 0.385. The molecule has 0 bridgehead atoms. The van der Waals surface area contributed by atoms with Crippen LogP contribution < -0.4 is 5.73 Å². The molecule has 1 atom stereocenters. The Kier molecular flexibility index (Phi) is 7.70. The van der Waals surface area contributed by atoms with Gasteiger partial charge < -0.3 is 5.73 Å². The number of allylic oxidation sites excluding steroid dienone is 1. The number of halogens is 1. The third-order valence-electron chi connectivity index (χ3n) is 6.09. The van der Waals surface area contributed by atoms with Crippen LogP contribution in [-0.2, 0) is 0 Å². The molecule has 0 amide bonds. The van der Waals surface area contributed by atoms with Crippen LogP contribution in [-0.4, -0.2) is 58.4 Å². The molecule has 1 saturated heterocycles. The van der Waals surface area contributed by atoms with Crippen LogP contribution in [0.5, 0.6) is 0 Å². The predicted molar refractivity (Wildman–Crippen MR) is 141 cm³/mol. The molecule has 1 aromatic heterocycles. The molecule has 2 N–H and O–H groups in total. The summed E-state index contributed by atoms with van der Waals surface area (Å²) in [6.07, 6.45) is 5.33. The number of rotatable bonds is 7. The first-order valence-corrected chi connectivity index (χ1v) is 12.4. The van der Waals surface area contributed by atoms with Crippen LogP contribution in [0.25, 0.3) is 16.6 Å². The van der Waals surface area contributed by atoms with E-state index in [1.807, 2.05) is 10.9 Å². The van der Waals surface area contributed by atoms with Crippen LogP contribution in [0.2, 0.25) is 0 Å². The van der Waals surface area contributed by atoms with Crippen molar-refractivity contribution in [2.75, 3.05) is 33.2 Å². The van der Waals surface area contributed by atoms with E-state index < -0.39 is 0 Å². The molecule has 180 valence electrons. The first kappa shape index (κ1) is 24.4. The zero-order chi connectivity index (χ0) is 24.2. The SMILES string of the molecule is CN=C/C(=C\N)SN1CCN(CC(C)C)C(c2cc3cnn(-c4ccc(F)cc4)c3cc2C)C1. The van der Waals surface area contributed by atoms with E-state index in [4.69, 9.17) is 5.73 Å². The van der Waals surface area contributed by atoms with E-state index in [9.17, 15) is 4.39 Å². The van der Waals surface area contributed by atoms with E-state index in [1.165, 1.54) is 23.3 Å². The van der Waals surface area contributed by atoms with E-state index in [0.29, 0.717) is 5.92 Å². The van der Waals surface area contributed by atoms with Gasteiger partial charge in [-0.15, -0.1) is 0 Å². The number of aryl methyl sites for hydroxylation is 1. The summed E-state index contributed by atoms with van der Waals surface area (Å²) in [6, 6.07) is 11.2. The van der Waals surface area contributed by atoms with Crippen molar-refractivity contribution >= 4 is 29.1 Å². The topological polar surface area (TPSA) is 62.7 Å². The minimum Gasteiger partial charge on any atom is -0.404 e. The highest BCUT2D eigenvalue weighted by molar-refractivity contribution is 8.01. The summed E-state index contributed by atoms with van der Waals surface area (Å²) in [6.45, 7) is 10.6. The molecule has 0 spiro atoms. The van der Waals surface area contributed by atoms with Crippen molar-refractivity contribution in [2.24, 2.45) is 16.6 Å². The maximum atomic E-state index is 13.4. The summed E-state index contributed by atoms with van der Waals surface area (Å²) in [5.74, 6) is 0.334. The molecule has 2 heterocycles. The van der Waals surface area contributed by atoms with Crippen LogP contribution in [0.3, 0.4) is 0 Å². The monoisotopic (exact) mass is 480 g/mol. The van der Waals surface area contributed by atoms with E-state index in [-0.39, 0.29) is 11.9 Å². The molecular weight excluding hydrogens is 447 g/mol. The maximum Gasteiger partial charge on any atom is 0.123 e. The van der Waals surface area contributed by atoms with Gasteiger partial charge in [-0.1, -0.05) is 13.8 Å². The fourth-order valence-corrected chi connectivity index (χ4v) is 5.48. The number of nitrogens with two attached hydrogens (primary N) is 1. The number of nitrogens with zero attached hydrogens (tertiary/aromatic N) is 5. The van der Waals surface area contributed by atoms with Crippen molar-refractivity contribution in [3.8, 4) is 5.69 Å². The highest BCUT2D eigenvalue weighted by Gasteiger charge is 2.30. The molecule has 2 aromatic carbocycles. The van der Waals surface area contributed by atoms with Gasteiger partial charge in [0.2, 0.25) is 0 Å². The Balaban J connectivity index is 1.68. The van der Waals surface area contributed by atoms with Crippen molar-refractivity contribution in [1.82, 2.24) is 19.0 Å². The Morgan fingerprint density at radius 2 is 2.03 bits per heavy atom. The molecule has 1 aliphatic heterocycles. The lowest BCUT2D eigenvalue weighted by molar-refractivity contribution is 0.110. The van der Waals surface area contributed by atoms with Gasteiger partial charge in [-0.2, -0.15) is 5.10 Å². The summed E-state index contributed by atoms with van der Waals surface area (Å²) >= 11 is 1.67. The van der Waals surface area contributed by atoms with Crippen LogP contribution in [0.4, 0.5) is 4.39 Å². The standard InChI is InChI=1S/C26H33FN6S/c1-18(2)16-31-9-10-32(34-23(13-28)15-29-4)17-26(31)24-12-20-14-30-33(25(20)11-19(24)3)22-7-5-21(27)6-8-22/h5-8,11-15,18,26H,9-10,16-17,28H2,1-4H3/b23-13+,29-15?. The molecule has 3 aromatic rings. The first-order chi connectivity index (χ1) is 16.4. The summed E-state index contributed by atoms with van der Waals surface area (Å²) in [5, 5.41) is 5.69. The van der Waals surface area contributed by atoms with Gasteiger partial charge in [0, 0.05) is 57.1 Å². The molecule has 8 heteroatoms. The molecule has 0 saturated carbocycles. The first-order valence-electron chi connectivity index (χ1n) is 11.6. The predicted octanol–water partition coefficient (Wildman–Crippen LogP) is 4.94. The number of fused-ring (bicyclic) bond motifs is 1. The lowest BCUT2D eigenvalue weighted by Crippen LogP contribution is -2.47. The number of hydrogen-bond donors (Lipinski definition) is 1. The zero-order valence-electron chi connectivity index (χ0n) is 20.3. The molecule has 4 rings (SSSR count). The molecule has 0 radical (unpaired) electrons. The third-order valence-corrected chi connectivity index (χ3v) is 7.14. The highest BCUT2D eigenvalue weighted by atomic mass is 32.2. The van der Waals surface area contributed by atoms with Crippen LogP contribution in [0.1, 0.15) is 31.0 Å². The molecule has 0 aliphatic carbocycles. The van der Waals surface area contributed by atoms with Crippen molar-refractivity contribution in [3.63, 3.8) is 0 Å². The van der Waals surface area contributed by atoms with Crippen molar-refractivity contribution in [3.05, 3.63) is 70.6 Å². The van der Waals surface area contributed by atoms with Crippen LogP contribution >= 0.6 is 11.9 Å². The average molecular weight is 481 g/mol. The Morgan fingerprint density at radius 3 is 2.71 bits per heavy atom. The average Bonchev–Trinajstić information content (AvgIpc) is 3.22. The maximum absolute atomic E-state index is 13.4. The fourth-order valence-electron chi connectivity index (χ4n) is 4.58. The molecule has 1 unspecified atom stereocenters. The minimum atomic E-state index is -0.249. The van der Waals surface area contributed by atoms with Gasteiger partial charge >= 0.3 is 0 Å². The van der Waals surface area contributed by atoms with Gasteiger partial charge in [0.15, 0.2) is 0 Å². The van der Waals surface area contributed by atoms with E-state index in [2.05, 4.69) is 52.2 Å². The third kappa shape index (κ3) is 5.35. The van der Waals surface area contributed by atoms with Crippen LogP contribution in [0.15, 0.2) is 58.7 Å². The zero-order valence-corrected chi connectivity index (χ0v) is 21.1. The second kappa shape index (κ2) is 10.7. The Labute approximate surface area is 205 Å². The smallest absolute Gasteiger partial charge is 0.123 e. The van der Waals surface area contributed by atoms with E-state index in [1.54, 1.807) is 43.5 Å². The van der Waals surface area contributed by atoms with Gasteiger partial charge in [0.05, 0.1) is 22.3 Å². The second-order valence-electron chi connectivity index (χ2n) is 9.14. The summed E-state index contributed by atoms with van der Waals surface area (Å²) in [7, 11) is 1.76. The second-order valence-corrected chi connectivity index (χ2v) is 10.3. The van der Waals surface area contributed by atoms with E-state index in [0.717, 1.165) is 47.7 Å². The number of benzene rings is 2. The summed E-state index contributed by atoms with van der Waals surface area (Å²) < 4.78 is 17.7. The highest BCUT2D eigenvalue weighted by Crippen LogP contribution is 2.35. The van der Waals surface area contributed by atoms with Crippen molar-refractivity contribution in [1.29, 1.82) is 0 Å². The number of aliphatic imine (C=N–C) groups is 1. The molecule has 34 heavy (non-hydrogen) atoms. The van der Waals surface area contributed by atoms with E-state index >= 15 is 0 Å². The number of aromatic nitrogens is 2. The van der Waals surface area contributed by atoms with Gasteiger partial charge in [-0.05, 0) is 72.3 Å². The Bertz CT molecular complexity index is 1180. The quantitative estimate of drug-likeness (QED) is 0.384. The van der Waals surface area contributed by atoms with Gasteiger partial charge in [0.1, 0.15) is 5.82 Å². The molecule has 6 nitrogen and oxygen atoms in total. The number of piperazine rings is 1. The van der Waals surface area contributed by atoms with Crippen molar-refractivity contribution < 1.29 is 4.39 Å². The molecule has 1 fully saturated rings. The number of hydrogen-bond acceptors (Lipinski definition) is 6.